The number of aromatic carboxylic acids is 1. The average Bonchev–Trinajstić information content (AvgIpc) is 2.78. The summed E-state index contributed by atoms with van der Waals surface area (Å²) < 4.78 is 0. The molecular formula is C13H17NO3. The monoisotopic (exact) mass is 235 g/mol. The molecule has 2 N–H and O–H groups in total. The molecule has 1 fully saturated rings. The zero-order valence-electron chi connectivity index (χ0n) is 9.84. The summed E-state index contributed by atoms with van der Waals surface area (Å²) in [6, 6.07) is 6.89. The second-order valence-corrected chi connectivity index (χ2v) is 4.59. The van der Waals surface area contributed by atoms with Crippen molar-refractivity contribution in [3.05, 3.63) is 29.8 Å². The molecule has 2 atom stereocenters. The van der Waals surface area contributed by atoms with E-state index in [1.807, 2.05) is 19.1 Å². The summed E-state index contributed by atoms with van der Waals surface area (Å²) in [6.45, 7) is 3.58. The maximum atomic E-state index is 10.7. The lowest BCUT2D eigenvalue weighted by Crippen LogP contribution is -2.23. The minimum Gasteiger partial charge on any atom is -0.478 e. The maximum Gasteiger partial charge on any atom is 0.335 e. The number of carboxylic acids is 1. The molecule has 92 valence electrons. The fourth-order valence-electron chi connectivity index (χ4n) is 2.23. The molecule has 17 heavy (non-hydrogen) atoms. The minimum absolute atomic E-state index is 0.279. The Balaban J connectivity index is 2.06. The molecule has 1 saturated heterocycles. The first kappa shape index (κ1) is 11.9. The number of anilines is 1. The number of aliphatic hydroxyl groups excluding tert-OH is 1. The molecule has 1 aromatic rings. The van der Waals surface area contributed by atoms with Gasteiger partial charge in [-0.1, -0.05) is 0 Å². The average molecular weight is 235 g/mol. The third-order valence-corrected chi connectivity index (χ3v) is 3.39. The normalized spacial score (nSPS) is 21.5. The van der Waals surface area contributed by atoms with Crippen LogP contribution in [0.5, 0.6) is 0 Å². The van der Waals surface area contributed by atoms with Crippen molar-refractivity contribution in [3.63, 3.8) is 0 Å². The van der Waals surface area contributed by atoms with Crippen LogP contribution in [0.25, 0.3) is 0 Å². The predicted molar refractivity (Wildman–Crippen MR) is 65.4 cm³/mol. The highest BCUT2D eigenvalue weighted by Gasteiger charge is 2.26. The first-order valence-electron chi connectivity index (χ1n) is 5.84. The van der Waals surface area contributed by atoms with Gasteiger partial charge in [0.1, 0.15) is 0 Å². The SMILES string of the molecule is C[C@H](O)[C@H]1CCN(c2ccc(C(=O)O)cc2)C1. The van der Waals surface area contributed by atoms with Gasteiger partial charge in [-0.05, 0) is 37.6 Å². The molecule has 0 spiro atoms. The topological polar surface area (TPSA) is 60.8 Å². The van der Waals surface area contributed by atoms with Crippen molar-refractivity contribution in [2.45, 2.75) is 19.4 Å². The largest absolute Gasteiger partial charge is 0.478 e. The molecule has 0 saturated carbocycles. The third-order valence-electron chi connectivity index (χ3n) is 3.39. The van der Waals surface area contributed by atoms with Crippen LogP contribution in [0.4, 0.5) is 5.69 Å². The Kier molecular flexibility index (Phi) is 3.33. The van der Waals surface area contributed by atoms with Crippen LogP contribution in [0, 0.1) is 5.92 Å². The first-order chi connectivity index (χ1) is 8.08. The number of hydrogen-bond acceptors (Lipinski definition) is 3. The lowest BCUT2D eigenvalue weighted by Gasteiger charge is -2.19. The summed E-state index contributed by atoms with van der Waals surface area (Å²) in [7, 11) is 0. The Hall–Kier alpha value is -1.55. The van der Waals surface area contributed by atoms with Crippen LogP contribution < -0.4 is 4.90 Å². The van der Waals surface area contributed by atoms with Crippen LogP contribution in [0.3, 0.4) is 0 Å². The highest BCUT2D eigenvalue weighted by Crippen LogP contribution is 2.25. The number of rotatable bonds is 3. The van der Waals surface area contributed by atoms with E-state index in [1.54, 1.807) is 12.1 Å². The summed E-state index contributed by atoms with van der Waals surface area (Å²) in [5, 5.41) is 18.3. The predicted octanol–water partition coefficient (Wildman–Crippen LogP) is 1.59. The van der Waals surface area contributed by atoms with Gasteiger partial charge in [-0.3, -0.25) is 0 Å². The third kappa shape index (κ3) is 2.58. The molecule has 0 aromatic heterocycles. The van der Waals surface area contributed by atoms with E-state index in [2.05, 4.69) is 4.90 Å². The molecule has 2 rings (SSSR count). The van der Waals surface area contributed by atoms with Gasteiger partial charge in [0.05, 0.1) is 11.7 Å². The fraction of sp³-hybridized carbons (Fsp3) is 0.462. The molecule has 1 aromatic carbocycles. The van der Waals surface area contributed by atoms with Gasteiger partial charge in [0.15, 0.2) is 0 Å². The van der Waals surface area contributed by atoms with E-state index in [4.69, 9.17) is 5.11 Å². The lowest BCUT2D eigenvalue weighted by atomic mass is 10.0. The van der Waals surface area contributed by atoms with Gasteiger partial charge in [0.2, 0.25) is 0 Å². The van der Waals surface area contributed by atoms with Gasteiger partial charge in [-0.15, -0.1) is 0 Å². The standard InChI is InChI=1S/C13H17NO3/c1-9(15)11-6-7-14(8-11)12-4-2-10(3-5-12)13(16)17/h2-5,9,11,15H,6-8H2,1H3,(H,16,17)/t9-,11-/m0/s1. The van der Waals surface area contributed by atoms with Gasteiger partial charge in [-0.25, -0.2) is 4.79 Å². The molecule has 0 amide bonds. The number of hydrogen-bond donors (Lipinski definition) is 2. The van der Waals surface area contributed by atoms with Crippen LogP contribution in [-0.2, 0) is 0 Å². The van der Waals surface area contributed by atoms with Gasteiger partial charge in [-0.2, -0.15) is 0 Å². The first-order valence-corrected chi connectivity index (χ1v) is 5.84. The summed E-state index contributed by atoms with van der Waals surface area (Å²) in [6.07, 6.45) is 0.705. The fourth-order valence-corrected chi connectivity index (χ4v) is 2.23. The smallest absolute Gasteiger partial charge is 0.335 e. The summed E-state index contributed by atoms with van der Waals surface area (Å²) in [5.41, 5.74) is 1.33. The maximum absolute atomic E-state index is 10.7. The summed E-state index contributed by atoms with van der Waals surface area (Å²) >= 11 is 0. The number of nitrogens with zero attached hydrogens (tertiary/aromatic N) is 1. The molecule has 0 bridgehead atoms. The second-order valence-electron chi connectivity index (χ2n) is 4.59. The minimum atomic E-state index is -0.903. The van der Waals surface area contributed by atoms with E-state index in [1.165, 1.54) is 0 Å². The Labute approximate surface area is 100 Å². The van der Waals surface area contributed by atoms with Gasteiger partial charge >= 0.3 is 5.97 Å². The highest BCUT2D eigenvalue weighted by atomic mass is 16.4. The van der Waals surface area contributed by atoms with Crippen molar-refractivity contribution in [1.82, 2.24) is 0 Å². The Morgan fingerprint density at radius 1 is 1.41 bits per heavy atom. The number of carbonyl (C=O) groups is 1. The van der Waals surface area contributed by atoms with E-state index in [9.17, 15) is 9.90 Å². The molecule has 4 nitrogen and oxygen atoms in total. The van der Waals surface area contributed by atoms with Gasteiger partial charge < -0.3 is 15.1 Å². The number of carboxylic acid groups (broad SMARTS) is 1. The number of aliphatic hydroxyl groups is 1. The molecule has 0 aliphatic carbocycles. The van der Waals surface area contributed by atoms with E-state index in [0.717, 1.165) is 25.2 Å². The molecule has 0 unspecified atom stereocenters. The van der Waals surface area contributed by atoms with E-state index < -0.39 is 5.97 Å². The second kappa shape index (κ2) is 4.75. The molecular weight excluding hydrogens is 218 g/mol. The van der Waals surface area contributed by atoms with Crippen LogP contribution in [0.15, 0.2) is 24.3 Å². The van der Waals surface area contributed by atoms with Crippen molar-refractivity contribution in [3.8, 4) is 0 Å². The van der Waals surface area contributed by atoms with Crippen LogP contribution in [0.2, 0.25) is 0 Å². The number of benzene rings is 1. The van der Waals surface area contributed by atoms with Gasteiger partial charge in [0, 0.05) is 24.7 Å². The van der Waals surface area contributed by atoms with E-state index in [0.29, 0.717) is 11.5 Å². The van der Waals surface area contributed by atoms with E-state index >= 15 is 0 Å². The molecule has 4 heteroatoms. The molecule has 1 aliphatic heterocycles. The van der Waals surface area contributed by atoms with Crippen LogP contribution in [-0.4, -0.2) is 35.4 Å². The zero-order chi connectivity index (χ0) is 12.4. The van der Waals surface area contributed by atoms with Crippen LogP contribution >= 0.6 is 0 Å². The van der Waals surface area contributed by atoms with Crippen molar-refractivity contribution >= 4 is 11.7 Å². The summed E-state index contributed by atoms with van der Waals surface area (Å²) in [4.78, 5) is 12.9. The quantitative estimate of drug-likeness (QED) is 0.835. The van der Waals surface area contributed by atoms with Crippen molar-refractivity contribution in [2.24, 2.45) is 5.92 Å². The van der Waals surface area contributed by atoms with Crippen LogP contribution in [0.1, 0.15) is 23.7 Å². The van der Waals surface area contributed by atoms with Crippen molar-refractivity contribution < 1.29 is 15.0 Å². The zero-order valence-corrected chi connectivity index (χ0v) is 9.84. The van der Waals surface area contributed by atoms with Gasteiger partial charge in [0.25, 0.3) is 0 Å². The Morgan fingerprint density at radius 2 is 2.06 bits per heavy atom. The van der Waals surface area contributed by atoms with E-state index in [-0.39, 0.29) is 6.10 Å². The van der Waals surface area contributed by atoms with Crippen molar-refractivity contribution in [2.75, 3.05) is 18.0 Å². The Bertz CT molecular complexity index is 400. The van der Waals surface area contributed by atoms with Crippen molar-refractivity contribution in [1.29, 1.82) is 0 Å². The highest BCUT2D eigenvalue weighted by molar-refractivity contribution is 5.88. The molecule has 1 aliphatic rings. The molecule has 0 radical (unpaired) electrons. The lowest BCUT2D eigenvalue weighted by molar-refractivity contribution is 0.0697. The Morgan fingerprint density at radius 3 is 2.53 bits per heavy atom. The molecule has 1 heterocycles. The summed E-state index contributed by atoms with van der Waals surface area (Å²) in [5.74, 6) is -0.589.